The smallest absolute Gasteiger partial charge is 0.302 e. The molecule has 4 aliphatic rings. The van der Waals surface area contributed by atoms with Crippen LogP contribution in [0, 0.1) is 52.3 Å². The van der Waals surface area contributed by atoms with Gasteiger partial charge in [-0.25, -0.2) is 4.39 Å². The van der Waals surface area contributed by atoms with E-state index >= 15 is 4.39 Å². The Hall–Kier alpha value is -0.930. The van der Waals surface area contributed by atoms with Gasteiger partial charge < -0.3 is 4.74 Å². The monoisotopic (exact) mass is 462 g/mol. The van der Waals surface area contributed by atoms with E-state index in [4.69, 9.17) is 4.74 Å². The second-order valence-electron chi connectivity index (χ2n) is 13.2. The second kappa shape index (κ2) is 9.26. The molecule has 0 heterocycles. The number of halogens is 1. The summed E-state index contributed by atoms with van der Waals surface area (Å²) in [5.41, 5.74) is 0.0167. The van der Waals surface area contributed by atoms with Crippen LogP contribution in [0.1, 0.15) is 106 Å². The quantitative estimate of drug-likeness (QED) is 0.393. The fourth-order valence-corrected chi connectivity index (χ4v) is 9.20. The molecule has 0 spiro atoms. The molecule has 0 aromatic rings. The lowest BCUT2D eigenvalue weighted by molar-refractivity contribution is -0.170. The van der Waals surface area contributed by atoms with E-state index in [0.29, 0.717) is 30.5 Å². The van der Waals surface area contributed by atoms with E-state index in [1.54, 1.807) is 0 Å². The number of fused-ring (bicyclic) bond motifs is 5. The van der Waals surface area contributed by atoms with Gasteiger partial charge in [0, 0.05) is 25.2 Å². The van der Waals surface area contributed by atoms with Crippen molar-refractivity contribution in [1.82, 2.24) is 0 Å². The Morgan fingerprint density at radius 2 is 1.79 bits per heavy atom. The third-order valence-corrected chi connectivity index (χ3v) is 10.9. The van der Waals surface area contributed by atoms with Crippen molar-refractivity contribution in [3.05, 3.63) is 0 Å². The first kappa shape index (κ1) is 25.2. The average Bonchev–Trinajstić information content (AvgIpc) is 2.99. The zero-order valence-corrected chi connectivity index (χ0v) is 21.9. The molecule has 0 N–H and O–H groups in total. The zero-order chi connectivity index (χ0) is 24.1. The third kappa shape index (κ3) is 4.42. The van der Waals surface area contributed by atoms with E-state index in [1.165, 1.54) is 26.2 Å². The van der Waals surface area contributed by atoms with Crippen LogP contribution in [0.2, 0.25) is 0 Å². The topological polar surface area (TPSA) is 43.4 Å². The predicted molar refractivity (Wildman–Crippen MR) is 129 cm³/mol. The highest BCUT2D eigenvalue weighted by molar-refractivity contribution is 5.83. The van der Waals surface area contributed by atoms with Crippen LogP contribution in [0.5, 0.6) is 0 Å². The molecule has 4 rings (SSSR count). The Kier molecular flexibility index (Phi) is 7.07. The maximum atomic E-state index is 15.9. The standard InChI is InChI=1S/C29H47FO3/c1-17(2)8-7-9-18(3)23-16-24(30)27-26-22(11-13-29(23,27)6)28(5)12-10-21(33-19(4)31)14-20(28)15-25(26)32/h17-18,20-24,26-27H,7-16H2,1-6H3/t18-,20?,21+,22+,23-,24+,26+,27+,28+,29-/m1/s1. The van der Waals surface area contributed by atoms with Gasteiger partial charge in [0.25, 0.3) is 0 Å². The molecule has 10 atom stereocenters. The zero-order valence-electron chi connectivity index (χ0n) is 21.9. The minimum absolute atomic E-state index is 0.0500. The Morgan fingerprint density at radius 3 is 2.45 bits per heavy atom. The minimum atomic E-state index is -0.846. The molecule has 3 nitrogen and oxygen atoms in total. The number of hydrogen-bond acceptors (Lipinski definition) is 3. The molecule has 0 aromatic carbocycles. The summed E-state index contributed by atoms with van der Waals surface area (Å²) in [6.45, 7) is 13.1. The number of hydrogen-bond donors (Lipinski definition) is 0. The van der Waals surface area contributed by atoms with E-state index in [2.05, 4.69) is 34.6 Å². The molecule has 4 aliphatic carbocycles. The van der Waals surface area contributed by atoms with Crippen LogP contribution >= 0.6 is 0 Å². The van der Waals surface area contributed by atoms with Crippen molar-refractivity contribution in [3.8, 4) is 0 Å². The van der Waals surface area contributed by atoms with Gasteiger partial charge in [-0.15, -0.1) is 0 Å². The van der Waals surface area contributed by atoms with Crippen LogP contribution in [-0.2, 0) is 14.3 Å². The van der Waals surface area contributed by atoms with Crippen molar-refractivity contribution in [2.45, 2.75) is 118 Å². The van der Waals surface area contributed by atoms with Crippen LogP contribution < -0.4 is 0 Å². The Bertz CT molecular complexity index is 749. The molecule has 0 bridgehead atoms. The molecule has 33 heavy (non-hydrogen) atoms. The normalized spacial score (nSPS) is 45.8. The first-order valence-corrected chi connectivity index (χ1v) is 13.8. The van der Waals surface area contributed by atoms with Crippen molar-refractivity contribution in [3.63, 3.8) is 0 Å². The van der Waals surface area contributed by atoms with Crippen LogP contribution in [0.3, 0.4) is 0 Å². The van der Waals surface area contributed by atoms with E-state index < -0.39 is 6.17 Å². The number of rotatable bonds is 6. The molecule has 0 saturated heterocycles. The average molecular weight is 463 g/mol. The van der Waals surface area contributed by atoms with Gasteiger partial charge in [-0.1, -0.05) is 53.9 Å². The molecule has 188 valence electrons. The number of carbonyl (C=O) groups excluding carboxylic acids is 2. The summed E-state index contributed by atoms with van der Waals surface area (Å²) >= 11 is 0. The van der Waals surface area contributed by atoms with Crippen LogP contribution in [-0.4, -0.2) is 24.0 Å². The maximum Gasteiger partial charge on any atom is 0.302 e. The van der Waals surface area contributed by atoms with Crippen molar-refractivity contribution in [1.29, 1.82) is 0 Å². The summed E-state index contributed by atoms with van der Waals surface area (Å²) in [7, 11) is 0. The first-order valence-electron chi connectivity index (χ1n) is 13.8. The number of alkyl halides is 1. The van der Waals surface area contributed by atoms with Crippen molar-refractivity contribution < 1.29 is 18.7 Å². The van der Waals surface area contributed by atoms with Crippen LogP contribution in [0.25, 0.3) is 0 Å². The lowest BCUT2D eigenvalue weighted by Crippen LogP contribution is -2.58. The number of ether oxygens (including phenoxy) is 1. The molecule has 0 amide bonds. The van der Waals surface area contributed by atoms with Gasteiger partial charge >= 0.3 is 5.97 Å². The van der Waals surface area contributed by atoms with Gasteiger partial charge in [0.15, 0.2) is 0 Å². The molecule has 1 unspecified atom stereocenters. The summed E-state index contributed by atoms with van der Waals surface area (Å²) in [5.74, 6) is 2.04. The van der Waals surface area contributed by atoms with Gasteiger partial charge in [-0.2, -0.15) is 0 Å². The number of esters is 1. The van der Waals surface area contributed by atoms with Crippen molar-refractivity contribution in [2.75, 3.05) is 0 Å². The summed E-state index contributed by atoms with van der Waals surface area (Å²) in [6.07, 6.45) is 8.70. The Morgan fingerprint density at radius 1 is 1.09 bits per heavy atom. The van der Waals surface area contributed by atoms with Gasteiger partial charge in [0.1, 0.15) is 18.1 Å². The largest absolute Gasteiger partial charge is 0.463 e. The predicted octanol–water partition coefficient (Wildman–Crippen LogP) is 7.17. The van der Waals surface area contributed by atoms with E-state index in [0.717, 1.165) is 38.0 Å². The van der Waals surface area contributed by atoms with E-state index in [9.17, 15) is 9.59 Å². The number of Topliss-reactive ketones (excluding diaryl/α,β-unsaturated/α-hetero) is 1. The molecule has 4 saturated carbocycles. The van der Waals surface area contributed by atoms with Crippen LogP contribution in [0.15, 0.2) is 0 Å². The van der Waals surface area contributed by atoms with Gasteiger partial charge in [0.2, 0.25) is 0 Å². The fourth-order valence-electron chi connectivity index (χ4n) is 9.20. The summed E-state index contributed by atoms with van der Waals surface area (Å²) in [6, 6.07) is 0. The van der Waals surface area contributed by atoms with E-state index in [1.807, 2.05) is 0 Å². The summed E-state index contributed by atoms with van der Waals surface area (Å²) < 4.78 is 21.4. The molecule has 0 aliphatic heterocycles. The Balaban J connectivity index is 1.53. The fraction of sp³-hybridized carbons (Fsp3) is 0.931. The molecule has 4 heteroatoms. The molecule has 0 radical (unpaired) electrons. The molecule has 4 fully saturated rings. The highest BCUT2D eigenvalue weighted by Gasteiger charge is 2.66. The van der Waals surface area contributed by atoms with Gasteiger partial charge in [0.05, 0.1) is 0 Å². The minimum Gasteiger partial charge on any atom is -0.463 e. The number of carbonyl (C=O) groups is 2. The second-order valence-corrected chi connectivity index (χ2v) is 13.2. The summed E-state index contributed by atoms with van der Waals surface area (Å²) in [4.78, 5) is 25.1. The lowest BCUT2D eigenvalue weighted by Gasteiger charge is -2.60. The first-order chi connectivity index (χ1) is 15.5. The molecular weight excluding hydrogens is 415 g/mol. The molecular formula is C29H47FO3. The van der Waals surface area contributed by atoms with Crippen LogP contribution in [0.4, 0.5) is 4.39 Å². The maximum absolute atomic E-state index is 15.9. The molecule has 0 aromatic heterocycles. The SMILES string of the molecule is CC(=O)O[C@H]1CC[C@@]2(C)C(CC(=O)[C@H]3[C@@H]4[C@@H](F)C[C@H]([C@H](C)CCCC(C)C)[C@@]4(C)CC[C@@H]32)C1. The van der Waals surface area contributed by atoms with E-state index in [-0.39, 0.29) is 46.6 Å². The highest BCUT2D eigenvalue weighted by atomic mass is 19.1. The third-order valence-electron chi connectivity index (χ3n) is 10.9. The van der Waals surface area contributed by atoms with Gasteiger partial charge in [-0.3, -0.25) is 9.59 Å². The summed E-state index contributed by atoms with van der Waals surface area (Å²) in [5, 5.41) is 0. The van der Waals surface area contributed by atoms with Crippen molar-refractivity contribution in [2.24, 2.45) is 52.3 Å². The number of ketones is 1. The van der Waals surface area contributed by atoms with Crippen molar-refractivity contribution >= 4 is 11.8 Å². The lowest BCUT2D eigenvalue weighted by atomic mass is 9.44. The van der Waals surface area contributed by atoms with Gasteiger partial charge in [-0.05, 0) is 78.9 Å². The highest BCUT2D eigenvalue weighted by Crippen LogP contribution is 2.68. The Labute approximate surface area is 201 Å².